The second-order valence-corrected chi connectivity index (χ2v) is 6.04. The largest absolute Gasteiger partial charge is 0.305 e. The standard InChI is InChI=1S/C18H18ClN3O/c1-12-4-3-5-17-21-16(10-18(23)22(12)17)11-20-13(2)14-6-8-15(19)9-7-14/h3-10,13,20H,11H2,1-2H3/t13-/m1/s1. The molecule has 3 rings (SSSR count). The number of fused-ring (bicyclic) bond motifs is 1. The van der Waals surface area contributed by atoms with E-state index in [1.165, 1.54) is 0 Å². The monoisotopic (exact) mass is 327 g/mol. The van der Waals surface area contributed by atoms with Crippen LogP contribution < -0.4 is 10.9 Å². The van der Waals surface area contributed by atoms with Gasteiger partial charge in [-0.2, -0.15) is 0 Å². The van der Waals surface area contributed by atoms with E-state index in [9.17, 15) is 4.79 Å². The van der Waals surface area contributed by atoms with Crippen LogP contribution in [0.4, 0.5) is 0 Å². The quantitative estimate of drug-likeness (QED) is 0.797. The molecule has 0 spiro atoms. The number of aromatic nitrogens is 2. The van der Waals surface area contributed by atoms with E-state index in [0.717, 1.165) is 22.0 Å². The number of halogens is 1. The highest BCUT2D eigenvalue weighted by atomic mass is 35.5. The van der Waals surface area contributed by atoms with Crippen LogP contribution in [0.5, 0.6) is 0 Å². The van der Waals surface area contributed by atoms with Crippen LogP contribution >= 0.6 is 11.6 Å². The van der Waals surface area contributed by atoms with Gasteiger partial charge in [0.1, 0.15) is 5.65 Å². The maximum atomic E-state index is 12.3. The van der Waals surface area contributed by atoms with E-state index in [-0.39, 0.29) is 11.6 Å². The molecule has 118 valence electrons. The van der Waals surface area contributed by atoms with Crippen molar-refractivity contribution in [1.82, 2.24) is 14.7 Å². The number of hydrogen-bond acceptors (Lipinski definition) is 3. The summed E-state index contributed by atoms with van der Waals surface area (Å²) in [5.41, 5.74) is 3.38. The van der Waals surface area contributed by atoms with Crippen molar-refractivity contribution in [2.45, 2.75) is 26.4 Å². The van der Waals surface area contributed by atoms with E-state index < -0.39 is 0 Å². The van der Waals surface area contributed by atoms with Crippen molar-refractivity contribution in [1.29, 1.82) is 0 Å². The predicted molar refractivity (Wildman–Crippen MR) is 92.9 cm³/mol. The first-order chi connectivity index (χ1) is 11.0. The summed E-state index contributed by atoms with van der Waals surface area (Å²) >= 11 is 5.91. The number of hydrogen-bond donors (Lipinski definition) is 1. The summed E-state index contributed by atoms with van der Waals surface area (Å²) in [5, 5.41) is 4.11. The van der Waals surface area contributed by atoms with Crippen LogP contribution in [0.25, 0.3) is 5.65 Å². The molecule has 0 radical (unpaired) electrons. The molecule has 5 heteroatoms. The lowest BCUT2D eigenvalue weighted by Gasteiger charge is -2.14. The Kier molecular flexibility index (Phi) is 4.46. The summed E-state index contributed by atoms with van der Waals surface area (Å²) in [7, 11) is 0. The molecular formula is C18H18ClN3O. The fraction of sp³-hybridized carbons (Fsp3) is 0.222. The molecule has 1 aromatic carbocycles. The van der Waals surface area contributed by atoms with Crippen LogP contribution in [0.2, 0.25) is 5.02 Å². The molecule has 0 amide bonds. The first-order valence-corrected chi connectivity index (χ1v) is 7.89. The third-order valence-corrected chi connectivity index (χ3v) is 4.14. The minimum Gasteiger partial charge on any atom is -0.305 e. The molecule has 0 aliphatic carbocycles. The smallest absolute Gasteiger partial charge is 0.258 e. The Morgan fingerprint density at radius 1 is 1.22 bits per heavy atom. The maximum Gasteiger partial charge on any atom is 0.258 e. The van der Waals surface area contributed by atoms with Crippen LogP contribution in [-0.2, 0) is 6.54 Å². The summed E-state index contributed by atoms with van der Waals surface area (Å²) in [6.45, 7) is 4.50. The number of aryl methyl sites for hydroxylation is 1. The zero-order valence-corrected chi connectivity index (χ0v) is 13.8. The lowest BCUT2D eigenvalue weighted by Crippen LogP contribution is -2.23. The van der Waals surface area contributed by atoms with E-state index in [4.69, 9.17) is 11.6 Å². The van der Waals surface area contributed by atoms with E-state index in [1.807, 2.05) is 49.4 Å². The summed E-state index contributed by atoms with van der Waals surface area (Å²) in [4.78, 5) is 16.8. The Morgan fingerprint density at radius 2 is 1.96 bits per heavy atom. The van der Waals surface area contributed by atoms with Gasteiger partial charge < -0.3 is 5.32 Å². The number of pyridine rings is 1. The third-order valence-electron chi connectivity index (χ3n) is 3.89. The van der Waals surface area contributed by atoms with E-state index >= 15 is 0 Å². The Labute approximate surface area is 139 Å². The number of benzene rings is 1. The average molecular weight is 328 g/mol. The van der Waals surface area contributed by atoms with E-state index in [2.05, 4.69) is 17.2 Å². The van der Waals surface area contributed by atoms with Crippen LogP contribution in [0.3, 0.4) is 0 Å². The Bertz CT molecular complexity index is 887. The maximum absolute atomic E-state index is 12.3. The Balaban J connectivity index is 1.79. The molecule has 1 N–H and O–H groups in total. The van der Waals surface area contributed by atoms with Crippen molar-refractivity contribution in [3.63, 3.8) is 0 Å². The van der Waals surface area contributed by atoms with Crippen molar-refractivity contribution < 1.29 is 0 Å². The van der Waals surface area contributed by atoms with Gasteiger partial charge in [0, 0.05) is 29.4 Å². The molecule has 2 aromatic heterocycles. The number of nitrogens with one attached hydrogen (secondary N) is 1. The van der Waals surface area contributed by atoms with Gasteiger partial charge in [0.25, 0.3) is 5.56 Å². The Morgan fingerprint density at radius 3 is 2.70 bits per heavy atom. The molecule has 0 unspecified atom stereocenters. The number of nitrogens with zero attached hydrogens (tertiary/aromatic N) is 2. The summed E-state index contributed by atoms with van der Waals surface area (Å²) in [6.07, 6.45) is 0. The summed E-state index contributed by atoms with van der Waals surface area (Å²) < 4.78 is 1.62. The number of rotatable bonds is 4. The molecule has 4 nitrogen and oxygen atoms in total. The molecule has 23 heavy (non-hydrogen) atoms. The molecular weight excluding hydrogens is 310 g/mol. The average Bonchev–Trinajstić information content (AvgIpc) is 2.53. The van der Waals surface area contributed by atoms with Crippen molar-refractivity contribution in [2.75, 3.05) is 0 Å². The van der Waals surface area contributed by atoms with E-state index in [1.54, 1.807) is 10.5 Å². The van der Waals surface area contributed by atoms with E-state index in [0.29, 0.717) is 12.2 Å². The normalized spacial score (nSPS) is 12.5. The summed E-state index contributed by atoms with van der Waals surface area (Å²) in [6, 6.07) is 15.1. The lowest BCUT2D eigenvalue weighted by atomic mass is 10.1. The van der Waals surface area contributed by atoms with Gasteiger partial charge in [-0.1, -0.05) is 29.8 Å². The molecule has 2 heterocycles. The predicted octanol–water partition coefficient (Wildman–Crippen LogP) is 3.51. The molecule has 0 saturated heterocycles. The molecule has 3 aromatic rings. The molecule has 0 saturated carbocycles. The molecule has 1 atom stereocenters. The topological polar surface area (TPSA) is 46.4 Å². The minimum atomic E-state index is -0.0518. The highest BCUT2D eigenvalue weighted by Gasteiger charge is 2.08. The highest BCUT2D eigenvalue weighted by Crippen LogP contribution is 2.16. The van der Waals surface area contributed by atoms with Gasteiger partial charge in [0.05, 0.1) is 5.69 Å². The Hall–Kier alpha value is -2.17. The first kappa shape index (κ1) is 15.7. The molecule has 0 aliphatic rings. The second kappa shape index (κ2) is 6.52. The zero-order chi connectivity index (χ0) is 16.4. The SMILES string of the molecule is Cc1cccc2nc(CN[C@H](C)c3ccc(Cl)cc3)cc(=O)n12. The van der Waals surface area contributed by atoms with Crippen molar-refractivity contribution in [3.05, 3.63) is 80.9 Å². The molecule has 0 aliphatic heterocycles. The van der Waals surface area contributed by atoms with Gasteiger partial charge in [-0.25, -0.2) is 4.98 Å². The van der Waals surface area contributed by atoms with Gasteiger partial charge in [0.2, 0.25) is 0 Å². The van der Waals surface area contributed by atoms with Gasteiger partial charge >= 0.3 is 0 Å². The van der Waals surface area contributed by atoms with Gasteiger partial charge in [-0.05, 0) is 43.7 Å². The van der Waals surface area contributed by atoms with Gasteiger partial charge in [-0.3, -0.25) is 9.20 Å². The van der Waals surface area contributed by atoms with Crippen LogP contribution in [-0.4, -0.2) is 9.38 Å². The molecule has 0 fully saturated rings. The lowest BCUT2D eigenvalue weighted by molar-refractivity contribution is 0.567. The van der Waals surface area contributed by atoms with Crippen LogP contribution in [0.15, 0.2) is 53.3 Å². The second-order valence-electron chi connectivity index (χ2n) is 5.60. The zero-order valence-electron chi connectivity index (χ0n) is 13.1. The van der Waals surface area contributed by atoms with Crippen molar-refractivity contribution in [2.24, 2.45) is 0 Å². The summed E-state index contributed by atoms with van der Waals surface area (Å²) in [5.74, 6) is 0. The van der Waals surface area contributed by atoms with Gasteiger partial charge in [0.15, 0.2) is 0 Å². The van der Waals surface area contributed by atoms with Crippen LogP contribution in [0.1, 0.15) is 29.9 Å². The first-order valence-electron chi connectivity index (χ1n) is 7.52. The van der Waals surface area contributed by atoms with Crippen molar-refractivity contribution >= 4 is 17.2 Å². The third kappa shape index (κ3) is 3.44. The van der Waals surface area contributed by atoms with Gasteiger partial charge in [-0.15, -0.1) is 0 Å². The minimum absolute atomic E-state index is 0.0518. The fourth-order valence-corrected chi connectivity index (χ4v) is 2.71. The molecule has 0 bridgehead atoms. The van der Waals surface area contributed by atoms with Crippen molar-refractivity contribution in [3.8, 4) is 0 Å². The highest BCUT2D eigenvalue weighted by molar-refractivity contribution is 6.30. The fourth-order valence-electron chi connectivity index (χ4n) is 2.58. The van der Waals surface area contributed by atoms with Crippen LogP contribution in [0, 0.1) is 6.92 Å².